The van der Waals surface area contributed by atoms with Crippen LogP contribution in [0.4, 0.5) is 5.69 Å². The first-order chi connectivity index (χ1) is 14.1. The van der Waals surface area contributed by atoms with Gasteiger partial charge in [-0.05, 0) is 48.9 Å². The topological polar surface area (TPSA) is 58.2 Å². The Kier molecular flexibility index (Phi) is 6.80. The standard InChI is InChI=1S/C25H22N2O2/c1-19-8-5-6-13-23(19)25(29)26-17-16-24(28)27-22-12-7-11-21(18-22)15-14-20-9-3-2-4-10-20/h2-13,18H,16-17H2,1H3,(H,26,29)(H,27,28). The molecule has 0 aromatic heterocycles. The molecule has 0 saturated heterocycles. The number of amides is 2. The molecule has 4 heteroatoms. The van der Waals surface area contributed by atoms with E-state index in [2.05, 4.69) is 22.5 Å². The Balaban J connectivity index is 1.51. The largest absolute Gasteiger partial charge is 0.352 e. The van der Waals surface area contributed by atoms with Gasteiger partial charge in [0.2, 0.25) is 5.91 Å². The van der Waals surface area contributed by atoms with Crippen molar-refractivity contribution in [3.8, 4) is 11.8 Å². The summed E-state index contributed by atoms with van der Waals surface area (Å²) in [4.78, 5) is 24.4. The monoisotopic (exact) mass is 382 g/mol. The fourth-order valence-corrected chi connectivity index (χ4v) is 2.78. The molecular formula is C25H22N2O2. The lowest BCUT2D eigenvalue weighted by Crippen LogP contribution is -2.28. The second kappa shape index (κ2) is 9.91. The van der Waals surface area contributed by atoms with Gasteiger partial charge in [-0.15, -0.1) is 0 Å². The summed E-state index contributed by atoms with van der Waals surface area (Å²) in [5.74, 6) is 5.86. The molecule has 0 heterocycles. The van der Waals surface area contributed by atoms with Gasteiger partial charge in [0.05, 0.1) is 0 Å². The average Bonchev–Trinajstić information content (AvgIpc) is 2.73. The summed E-state index contributed by atoms with van der Waals surface area (Å²) >= 11 is 0. The quantitative estimate of drug-likeness (QED) is 0.651. The van der Waals surface area contributed by atoms with E-state index in [9.17, 15) is 9.59 Å². The van der Waals surface area contributed by atoms with Gasteiger partial charge in [-0.3, -0.25) is 9.59 Å². The molecule has 2 amide bonds. The molecule has 3 aromatic rings. The van der Waals surface area contributed by atoms with Gasteiger partial charge in [-0.25, -0.2) is 0 Å². The molecule has 29 heavy (non-hydrogen) atoms. The molecule has 144 valence electrons. The first-order valence-electron chi connectivity index (χ1n) is 9.42. The zero-order valence-corrected chi connectivity index (χ0v) is 16.2. The zero-order chi connectivity index (χ0) is 20.5. The summed E-state index contributed by atoms with van der Waals surface area (Å²) in [7, 11) is 0. The number of aryl methyl sites for hydroxylation is 1. The molecule has 0 radical (unpaired) electrons. The number of carbonyl (C=O) groups is 2. The maximum Gasteiger partial charge on any atom is 0.251 e. The smallest absolute Gasteiger partial charge is 0.251 e. The van der Waals surface area contributed by atoms with Crippen molar-refractivity contribution < 1.29 is 9.59 Å². The lowest BCUT2D eigenvalue weighted by atomic mass is 10.1. The van der Waals surface area contributed by atoms with Crippen LogP contribution in [0.2, 0.25) is 0 Å². The number of hydrogen-bond acceptors (Lipinski definition) is 2. The van der Waals surface area contributed by atoms with Crippen LogP contribution in [0.3, 0.4) is 0 Å². The van der Waals surface area contributed by atoms with Crippen LogP contribution < -0.4 is 10.6 Å². The predicted octanol–water partition coefficient (Wildman–Crippen LogP) is 4.15. The molecular weight excluding hydrogens is 360 g/mol. The first-order valence-corrected chi connectivity index (χ1v) is 9.42. The number of carbonyl (C=O) groups excluding carboxylic acids is 2. The highest BCUT2D eigenvalue weighted by Crippen LogP contribution is 2.11. The zero-order valence-electron chi connectivity index (χ0n) is 16.2. The predicted molar refractivity (Wildman–Crippen MR) is 116 cm³/mol. The van der Waals surface area contributed by atoms with Crippen molar-refractivity contribution in [3.05, 3.63) is 101 Å². The van der Waals surface area contributed by atoms with Gasteiger partial charge in [0.1, 0.15) is 0 Å². The Bertz CT molecular complexity index is 1060. The van der Waals surface area contributed by atoms with E-state index in [4.69, 9.17) is 0 Å². The number of hydrogen-bond donors (Lipinski definition) is 2. The van der Waals surface area contributed by atoms with Crippen molar-refractivity contribution in [3.63, 3.8) is 0 Å². The summed E-state index contributed by atoms with van der Waals surface area (Å²) in [6.07, 6.45) is 0.192. The minimum atomic E-state index is -0.172. The van der Waals surface area contributed by atoms with E-state index in [1.165, 1.54) is 0 Å². The summed E-state index contributed by atoms with van der Waals surface area (Å²) in [6, 6.07) is 24.5. The maximum absolute atomic E-state index is 12.2. The van der Waals surface area contributed by atoms with E-state index in [-0.39, 0.29) is 24.8 Å². The van der Waals surface area contributed by atoms with Crippen molar-refractivity contribution in [1.29, 1.82) is 0 Å². The molecule has 0 spiro atoms. The van der Waals surface area contributed by atoms with Gasteiger partial charge in [0, 0.05) is 35.3 Å². The fraction of sp³-hybridized carbons (Fsp3) is 0.120. The number of anilines is 1. The second-order valence-electron chi connectivity index (χ2n) is 6.57. The SMILES string of the molecule is Cc1ccccc1C(=O)NCCC(=O)Nc1cccc(C#Cc2ccccc2)c1. The Morgan fingerprint density at radius 1 is 0.828 bits per heavy atom. The van der Waals surface area contributed by atoms with Gasteiger partial charge in [-0.1, -0.05) is 54.3 Å². The summed E-state index contributed by atoms with van der Waals surface area (Å²) in [6.45, 7) is 2.15. The van der Waals surface area contributed by atoms with Crippen LogP contribution in [0.1, 0.15) is 33.5 Å². The van der Waals surface area contributed by atoms with Crippen molar-refractivity contribution in [2.24, 2.45) is 0 Å². The fourth-order valence-electron chi connectivity index (χ4n) is 2.78. The average molecular weight is 382 g/mol. The van der Waals surface area contributed by atoms with Gasteiger partial charge < -0.3 is 10.6 Å². The Morgan fingerprint density at radius 3 is 2.31 bits per heavy atom. The Labute approximate surface area is 171 Å². The van der Waals surface area contributed by atoms with Gasteiger partial charge >= 0.3 is 0 Å². The van der Waals surface area contributed by atoms with Crippen LogP contribution in [0.5, 0.6) is 0 Å². The van der Waals surface area contributed by atoms with E-state index in [1.54, 1.807) is 6.07 Å². The molecule has 0 bridgehead atoms. The summed E-state index contributed by atoms with van der Waals surface area (Å²) in [5.41, 5.74) is 3.96. The highest BCUT2D eigenvalue weighted by Gasteiger charge is 2.09. The van der Waals surface area contributed by atoms with Crippen LogP contribution in [0, 0.1) is 18.8 Å². The Hall–Kier alpha value is -3.84. The van der Waals surface area contributed by atoms with Crippen molar-refractivity contribution >= 4 is 17.5 Å². The van der Waals surface area contributed by atoms with E-state index in [0.717, 1.165) is 16.7 Å². The number of nitrogens with one attached hydrogen (secondary N) is 2. The van der Waals surface area contributed by atoms with Crippen LogP contribution in [-0.4, -0.2) is 18.4 Å². The highest BCUT2D eigenvalue weighted by atomic mass is 16.2. The molecule has 0 fully saturated rings. The van der Waals surface area contributed by atoms with E-state index >= 15 is 0 Å². The highest BCUT2D eigenvalue weighted by molar-refractivity contribution is 5.96. The van der Waals surface area contributed by atoms with Crippen LogP contribution in [0.15, 0.2) is 78.9 Å². The van der Waals surface area contributed by atoms with Gasteiger partial charge in [-0.2, -0.15) is 0 Å². The minimum absolute atomic E-state index is 0.164. The molecule has 0 unspecified atom stereocenters. The molecule has 0 aliphatic rings. The molecule has 0 aliphatic heterocycles. The maximum atomic E-state index is 12.2. The van der Waals surface area contributed by atoms with Crippen molar-refractivity contribution in [1.82, 2.24) is 5.32 Å². The third-order valence-electron chi connectivity index (χ3n) is 4.30. The lowest BCUT2D eigenvalue weighted by Gasteiger charge is -2.08. The van der Waals surface area contributed by atoms with Crippen molar-refractivity contribution in [2.75, 3.05) is 11.9 Å². The number of rotatable bonds is 5. The number of benzene rings is 3. The van der Waals surface area contributed by atoms with Crippen LogP contribution in [0.25, 0.3) is 0 Å². The van der Waals surface area contributed by atoms with E-state index in [0.29, 0.717) is 11.3 Å². The minimum Gasteiger partial charge on any atom is -0.352 e. The second-order valence-corrected chi connectivity index (χ2v) is 6.57. The Morgan fingerprint density at radius 2 is 1.52 bits per heavy atom. The van der Waals surface area contributed by atoms with Crippen molar-refractivity contribution in [2.45, 2.75) is 13.3 Å². The molecule has 0 aliphatic carbocycles. The first kappa shape index (κ1) is 19.9. The van der Waals surface area contributed by atoms with Crippen LogP contribution in [-0.2, 0) is 4.79 Å². The van der Waals surface area contributed by atoms with Gasteiger partial charge in [0.15, 0.2) is 0 Å². The molecule has 4 nitrogen and oxygen atoms in total. The molecule has 3 rings (SSSR count). The molecule has 3 aromatic carbocycles. The lowest BCUT2D eigenvalue weighted by molar-refractivity contribution is -0.116. The third-order valence-corrected chi connectivity index (χ3v) is 4.30. The molecule has 0 atom stereocenters. The summed E-state index contributed by atoms with van der Waals surface area (Å²) < 4.78 is 0. The van der Waals surface area contributed by atoms with E-state index in [1.807, 2.05) is 79.7 Å². The summed E-state index contributed by atoms with van der Waals surface area (Å²) in [5, 5.41) is 5.63. The third kappa shape index (κ3) is 6.08. The van der Waals surface area contributed by atoms with E-state index < -0.39 is 0 Å². The van der Waals surface area contributed by atoms with Gasteiger partial charge in [0.25, 0.3) is 5.91 Å². The molecule has 0 saturated carbocycles. The molecule has 2 N–H and O–H groups in total. The van der Waals surface area contributed by atoms with Crippen LogP contribution >= 0.6 is 0 Å². The normalized spacial score (nSPS) is 9.83.